The van der Waals surface area contributed by atoms with Crippen molar-refractivity contribution >= 4 is 16.0 Å². The van der Waals surface area contributed by atoms with Crippen LogP contribution in [0.5, 0.6) is 0 Å². The predicted octanol–water partition coefficient (Wildman–Crippen LogP) is 0.527. The Balaban J connectivity index is 2.02. The molecule has 2 rings (SSSR count). The molecule has 1 aliphatic heterocycles. The maximum Gasteiger partial charge on any atom is 0.338 e. The molecule has 0 spiro atoms. The molecule has 0 aromatic heterocycles. The molecule has 0 radical (unpaired) electrons. The summed E-state index contributed by atoms with van der Waals surface area (Å²) in [6.07, 6.45) is 0.866. The second kappa shape index (κ2) is 5.68. The summed E-state index contributed by atoms with van der Waals surface area (Å²) in [4.78, 5) is 11.7. The van der Waals surface area contributed by atoms with Crippen LogP contribution in [-0.4, -0.2) is 34.2 Å². The molecule has 0 amide bonds. The molecule has 1 aromatic carbocycles. The Bertz CT molecular complexity index is 563. The standard InChI is InChI=1S/C12H15NO5S/c13-19(15,16)11-3-1-2-10(6-11)12(14)18-8-9-4-5-17-7-9/h1-3,6,9H,4-5,7-8H2,(H2,13,15,16). The van der Waals surface area contributed by atoms with Gasteiger partial charge in [-0.2, -0.15) is 0 Å². The maximum atomic E-state index is 11.8. The van der Waals surface area contributed by atoms with E-state index < -0.39 is 16.0 Å². The highest BCUT2D eigenvalue weighted by molar-refractivity contribution is 7.89. The van der Waals surface area contributed by atoms with Crippen LogP contribution in [0.2, 0.25) is 0 Å². The number of esters is 1. The first-order chi connectivity index (χ1) is 8.97. The lowest BCUT2D eigenvalue weighted by atomic mass is 10.1. The van der Waals surface area contributed by atoms with Crippen LogP contribution in [0.4, 0.5) is 0 Å². The Hall–Kier alpha value is -1.44. The third-order valence-corrected chi connectivity index (χ3v) is 3.78. The summed E-state index contributed by atoms with van der Waals surface area (Å²) in [5, 5.41) is 5.00. The summed E-state index contributed by atoms with van der Waals surface area (Å²) >= 11 is 0. The molecule has 0 bridgehead atoms. The molecule has 2 N–H and O–H groups in total. The lowest BCUT2D eigenvalue weighted by Gasteiger charge is -2.09. The van der Waals surface area contributed by atoms with Crippen LogP contribution in [0.15, 0.2) is 29.2 Å². The first-order valence-electron chi connectivity index (χ1n) is 5.84. The molecule has 1 aromatic rings. The van der Waals surface area contributed by atoms with Gasteiger partial charge in [0, 0.05) is 12.5 Å². The van der Waals surface area contributed by atoms with Crippen LogP contribution in [0, 0.1) is 5.92 Å². The number of hydrogen-bond acceptors (Lipinski definition) is 5. The largest absolute Gasteiger partial charge is 0.462 e. The molecule has 0 saturated carbocycles. The van der Waals surface area contributed by atoms with Crippen LogP contribution in [-0.2, 0) is 19.5 Å². The number of benzene rings is 1. The molecule has 1 unspecified atom stereocenters. The van der Waals surface area contributed by atoms with Crippen molar-refractivity contribution < 1.29 is 22.7 Å². The fourth-order valence-corrected chi connectivity index (χ4v) is 2.35. The van der Waals surface area contributed by atoms with Crippen LogP contribution in [0.25, 0.3) is 0 Å². The monoisotopic (exact) mass is 285 g/mol. The summed E-state index contributed by atoms with van der Waals surface area (Å²) in [5.74, 6) is -0.345. The van der Waals surface area contributed by atoms with Crippen molar-refractivity contribution in [2.75, 3.05) is 19.8 Å². The highest BCUT2D eigenvalue weighted by Gasteiger charge is 2.19. The van der Waals surface area contributed by atoms with E-state index in [9.17, 15) is 13.2 Å². The van der Waals surface area contributed by atoms with Crippen molar-refractivity contribution in [3.05, 3.63) is 29.8 Å². The van der Waals surface area contributed by atoms with E-state index in [2.05, 4.69) is 0 Å². The highest BCUT2D eigenvalue weighted by atomic mass is 32.2. The highest BCUT2D eigenvalue weighted by Crippen LogP contribution is 2.15. The van der Waals surface area contributed by atoms with Crippen LogP contribution in [0.1, 0.15) is 16.8 Å². The average Bonchev–Trinajstić information content (AvgIpc) is 2.88. The predicted molar refractivity (Wildman–Crippen MR) is 67.0 cm³/mol. The number of ether oxygens (including phenoxy) is 2. The molecule has 19 heavy (non-hydrogen) atoms. The summed E-state index contributed by atoms with van der Waals surface area (Å²) in [5.41, 5.74) is 0.172. The van der Waals surface area contributed by atoms with Gasteiger partial charge in [-0.1, -0.05) is 6.07 Å². The minimum atomic E-state index is -3.82. The molecule has 0 aliphatic carbocycles. The average molecular weight is 285 g/mol. The van der Waals surface area contributed by atoms with Crippen molar-refractivity contribution in [2.45, 2.75) is 11.3 Å². The van der Waals surface area contributed by atoms with Gasteiger partial charge in [-0.3, -0.25) is 0 Å². The lowest BCUT2D eigenvalue weighted by Crippen LogP contribution is -2.16. The molecule has 6 nitrogen and oxygen atoms in total. The fraction of sp³-hybridized carbons (Fsp3) is 0.417. The van der Waals surface area contributed by atoms with E-state index in [1.807, 2.05) is 0 Å². The van der Waals surface area contributed by atoms with Crippen molar-refractivity contribution in [3.63, 3.8) is 0 Å². The number of carbonyl (C=O) groups is 1. The number of carbonyl (C=O) groups excluding carboxylic acids is 1. The van der Waals surface area contributed by atoms with Gasteiger partial charge in [0.1, 0.15) is 0 Å². The third-order valence-electron chi connectivity index (χ3n) is 2.87. The molecular formula is C12H15NO5S. The Morgan fingerprint density at radius 3 is 2.89 bits per heavy atom. The smallest absolute Gasteiger partial charge is 0.338 e. The summed E-state index contributed by atoms with van der Waals surface area (Å²) in [7, 11) is -3.82. The summed E-state index contributed by atoms with van der Waals surface area (Å²) in [6.45, 7) is 1.55. The SMILES string of the molecule is NS(=O)(=O)c1cccc(C(=O)OCC2CCOC2)c1. The van der Waals surface area contributed by atoms with Crippen molar-refractivity contribution in [1.29, 1.82) is 0 Å². The van der Waals surface area contributed by atoms with E-state index in [1.165, 1.54) is 24.3 Å². The Morgan fingerprint density at radius 1 is 1.47 bits per heavy atom. The Labute approximate surface area is 111 Å². The molecular weight excluding hydrogens is 270 g/mol. The first kappa shape index (κ1) is 14.0. The quantitative estimate of drug-likeness (QED) is 0.814. The number of hydrogen-bond donors (Lipinski definition) is 1. The van der Waals surface area contributed by atoms with Crippen LogP contribution in [0.3, 0.4) is 0 Å². The number of sulfonamides is 1. The van der Waals surface area contributed by atoms with Crippen molar-refractivity contribution in [3.8, 4) is 0 Å². The van der Waals surface area contributed by atoms with Gasteiger partial charge in [-0.25, -0.2) is 18.4 Å². The van der Waals surface area contributed by atoms with Gasteiger partial charge in [0.15, 0.2) is 0 Å². The van der Waals surface area contributed by atoms with E-state index in [0.29, 0.717) is 13.2 Å². The van der Waals surface area contributed by atoms with Crippen LogP contribution >= 0.6 is 0 Å². The maximum absolute atomic E-state index is 11.8. The normalized spacial score (nSPS) is 19.3. The molecule has 7 heteroatoms. The molecule has 104 valence electrons. The topological polar surface area (TPSA) is 95.7 Å². The lowest BCUT2D eigenvalue weighted by molar-refractivity contribution is 0.0428. The summed E-state index contributed by atoms with van der Waals surface area (Å²) in [6, 6.07) is 5.48. The van der Waals surface area contributed by atoms with Crippen molar-refractivity contribution in [2.24, 2.45) is 11.1 Å². The van der Waals surface area contributed by atoms with Gasteiger partial charge in [-0.15, -0.1) is 0 Å². The van der Waals surface area contributed by atoms with E-state index in [1.54, 1.807) is 0 Å². The third kappa shape index (κ3) is 3.76. The summed E-state index contributed by atoms with van der Waals surface area (Å²) < 4.78 is 32.7. The van der Waals surface area contributed by atoms with E-state index in [0.717, 1.165) is 6.42 Å². The number of rotatable bonds is 4. The molecule has 1 fully saturated rings. The number of primary sulfonamides is 1. The molecule has 1 aliphatic rings. The van der Waals surface area contributed by atoms with Gasteiger partial charge in [0.25, 0.3) is 0 Å². The molecule has 1 heterocycles. The first-order valence-corrected chi connectivity index (χ1v) is 7.39. The minimum absolute atomic E-state index is 0.105. The van der Waals surface area contributed by atoms with Gasteiger partial charge < -0.3 is 9.47 Å². The zero-order chi connectivity index (χ0) is 13.9. The Kier molecular flexibility index (Phi) is 4.18. The van der Waals surface area contributed by atoms with E-state index in [4.69, 9.17) is 14.6 Å². The van der Waals surface area contributed by atoms with Gasteiger partial charge in [0.05, 0.1) is 23.7 Å². The second-order valence-corrected chi connectivity index (χ2v) is 5.96. The number of nitrogens with two attached hydrogens (primary N) is 1. The molecule has 1 atom stereocenters. The molecule has 1 saturated heterocycles. The fourth-order valence-electron chi connectivity index (χ4n) is 1.79. The van der Waals surface area contributed by atoms with Gasteiger partial charge in [-0.05, 0) is 24.6 Å². The van der Waals surface area contributed by atoms with Crippen molar-refractivity contribution in [1.82, 2.24) is 0 Å². The van der Waals surface area contributed by atoms with E-state index in [-0.39, 0.29) is 23.0 Å². The second-order valence-electron chi connectivity index (χ2n) is 4.40. The zero-order valence-electron chi connectivity index (χ0n) is 10.2. The van der Waals surface area contributed by atoms with E-state index >= 15 is 0 Å². The Morgan fingerprint density at radius 2 is 2.26 bits per heavy atom. The van der Waals surface area contributed by atoms with Gasteiger partial charge in [0.2, 0.25) is 10.0 Å². The minimum Gasteiger partial charge on any atom is -0.462 e. The van der Waals surface area contributed by atoms with Crippen LogP contribution < -0.4 is 5.14 Å². The zero-order valence-corrected chi connectivity index (χ0v) is 11.1. The van der Waals surface area contributed by atoms with Gasteiger partial charge >= 0.3 is 5.97 Å².